The molecule has 1 atom stereocenters. The number of aliphatic hydroxyl groups is 1. The van der Waals surface area contributed by atoms with Crippen molar-refractivity contribution < 1.29 is 9.90 Å². The first-order chi connectivity index (χ1) is 8.48. The Hall–Kier alpha value is -0.370. The molecule has 2 rings (SSSR count). The zero-order chi connectivity index (χ0) is 13.2. The highest BCUT2D eigenvalue weighted by Crippen LogP contribution is 2.44. The molecule has 0 heterocycles. The van der Waals surface area contributed by atoms with Crippen LogP contribution < -0.4 is 0 Å². The molecule has 0 amide bonds. The Balaban J connectivity index is 2.07. The Morgan fingerprint density at radius 3 is 1.83 bits per heavy atom. The van der Waals surface area contributed by atoms with E-state index in [0.717, 1.165) is 51.4 Å². The molecule has 2 saturated carbocycles. The lowest BCUT2D eigenvalue weighted by Gasteiger charge is -2.42. The first-order valence-electron chi connectivity index (χ1n) is 7.70. The van der Waals surface area contributed by atoms with Crippen LogP contribution in [0.4, 0.5) is 0 Å². The molecular formula is C16H28O2. The topological polar surface area (TPSA) is 37.3 Å². The minimum absolute atomic E-state index is 0.131. The number of Topliss-reactive ketones (excluding diaryl/α,β-unsaturated/α-hetero) is 1. The summed E-state index contributed by atoms with van der Waals surface area (Å²) >= 11 is 0. The first kappa shape index (κ1) is 14.0. The molecule has 2 aliphatic carbocycles. The summed E-state index contributed by atoms with van der Waals surface area (Å²) in [6.07, 6.45) is 10.3. The van der Waals surface area contributed by atoms with Crippen LogP contribution in [0, 0.1) is 10.8 Å². The van der Waals surface area contributed by atoms with Crippen LogP contribution in [0.5, 0.6) is 0 Å². The van der Waals surface area contributed by atoms with E-state index in [1.54, 1.807) is 0 Å². The van der Waals surface area contributed by atoms with E-state index in [0.29, 0.717) is 0 Å². The molecule has 2 aliphatic rings. The minimum atomic E-state index is -0.735. The molecule has 18 heavy (non-hydrogen) atoms. The molecular weight excluding hydrogens is 224 g/mol. The van der Waals surface area contributed by atoms with E-state index in [1.165, 1.54) is 12.8 Å². The van der Waals surface area contributed by atoms with Crippen LogP contribution in [0.2, 0.25) is 0 Å². The quantitative estimate of drug-likeness (QED) is 0.828. The standard InChI is InChI=1S/C16H28O2/c1-15(9-5-3-6-10-15)13(17)14(18)16(2)11-7-4-8-12-16/h13,17H,3-12H2,1-2H3. The van der Waals surface area contributed by atoms with Crippen molar-refractivity contribution in [2.75, 3.05) is 0 Å². The van der Waals surface area contributed by atoms with E-state index < -0.39 is 6.10 Å². The molecule has 0 aliphatic heterocycles. The van der Waals surface area contributed by atoms with Crippen molar-refractivity contribution in [3.63, 3.8) is 0 Å². The molecule has 0 radical (unpaired) electrons. The third-order valence-electron chi connectivity index (χ3n) is 5.46. The number of carbonyl (C=O) groups excluding carboxylic acids is 1. The van der Waals surface area contributed by atoms with Crippen molar-refractivity contribution in [2.45, 2.75) is 84.2 Å². The summed E-state index contributed by atoms with van der Waals surface area (Å²) in [6.45, 7) is 4.19. The van der Waals surface area contributed by atoms with Crippen molar-refractivity contribution in [1.29, 1.82) is 0 Å². The average molecular weight is 252 g/mol. The first-order valence-corrected chi connectivity index (χ1v) is 7.70. The van der Waals surface area contributed by atoms with Crippen LogP contribution in [0.3, 0.4) is 0 Å². The molecule has 2 nitrogen and oxygen atoms in total. The zero-order valence-corrected chi connectivity index (χ0v) is 12.0. The van der Waals surface area contributed by atoms with Crippen molar-refractivity contribution in [3.05, 3.63) is 0 Å². The molecule has 1 unspecified atom stereocenters. The Labute approximate surface area is 111 Å². The van der Waals surface area contributed by atoms with Crippen molar-refractivity contribution >= 4 is 5.78 Å². The second-order valence-electron chi connectivity index (χ2n) is 7.10. The lowest BCUT2D eigenvalue weighted by Crippen LogP contribution is -2.47. The molecule has 104 valence electrons. The minimum Gasteiger partial charge on any atom is -0.385 e. The summed E-state index contributed by atoms with van der Waals surface area (Å²) in [4.78, 5) is 12.7. The van der Waals surface area contributed by atoms with Crippen LogP contribution >= 0.6 is 0 Å². The van der Waals surface area contributed by atoms with Gasteiger partial charge in [-0.1, -0.05) is 52.4 Å². The Bertz CT molecular complexity index is 296. The van der Waals surface area contributed by atoms with Crippen molar-refractivity contribution in [3.8, 4) is 0 Å². The van der Waals surface area contributed by atoms with Gasteiger partial charge in [0.15, 0.2) is 5.78 Å². The van der Waals surface area contributed by atoms with E-state index in [4.69, 9.17) is 0 Å². The van der Waals surface area contributed by atoms with E-state index in [-0.39, 0.29) is 16.6 Å². The third-order valence-corrected chi connectivity index (χ3v) is 5.46. The fraction of sp³-hybridized carbons (Fsp3) is 0.938. The normalized spacial score (nSPS) is 28.6. The Morgan fingerprint density at radius 2 is 1.33 bits per heavy atom. The number of aliphatic hydroxyl groups excluding tert-OH is 1. The highest BCUT2D eigenvalue weighted by Gasteiger charge is 2.45. The fourth-order valence-electron chi connectivity index (χ4n) is 3.86. The van der Waals surface area contributed by atoms with Gasteiger partial charge in [0.1, 0.15) is 6.10 Å². The summed E-state index contributed by atoms with van der Waals surface area (Å²) < 4.78 is 0. The second-order valence-corrected chi connectivity index (χ2v) is 7.10. The van der Waals surface area contributed by atoms with Gasteiger partial charge in [-0.25, -0.2) is 0 Å². The van der Waals surface area contributed by atoms with Gasteiger partial charge < -0.3 is 5.11 Å². The third kappa shape index (κ3) is 2.64. The van der Waals surface area contributed by atoms with Gasteiger partial charge in [-0.2, -0.15) is 0 Å². The maximum atomic E-state index is 12.7. The molecule has 0 aromatic heterocycles. The van der Waals surface area contributed by atoms with Gasteiger partial charge in [-0.15, -0.1) is 0 Å². The fourth-order valence-corrected chi connectivity index (χ4v) is 3.86. The number of carbonyl (C=O) groups is 1. The van der Waals surface area contributed by atoms with E-state index in [9.17, 15) is 9.90 Å². The highest BCUT2D eigenvalue weighted by atomic mass is 16.3. The summed E-state index contributed by atoms with van der Waals surface area (Å²) in [7, 11) is 0. The Kier molecular flexibility index (Phi) is 4.15. The van der Waals surface area contributed by atoms with Crippen LogP contribution in [0.15, 0.2) is 0 Å². The van der Waals surface area contributed by atoms with Gasteiger partial charge in [0.05, 0.1) is 0 Å². The second kappa shape index (κ2) is 5.32. The van der Waals surface area contributed by atoms with Gasteiger partial charge in [-0.05, 0) is 25.7 Å². The van der Waals surface area contributed by atoms with Crippen LogP contribution in [-0.2, 0) is 4.79 Å². The maximum Gasteiger partial charge on any atom is 0.167 e. The lowest BCUT2D eigenvalue weighted by atomic mass is 9.64. The molecule has 0 aromatic rings. The van der Waals surface area contributed by atoms with Crippen molar-refractivity contribution in [1.82, 2.24) is 0 Å². The Morgan fingerprint density at radius 1 is 0.889 bits per heavy atom. The molecule has 2 fully saturated rings. The summed E-state index contributed by atoms with van der Waals surface area (Å²) in [5.41, 5.74) is -0.409. The number of rotatable bonds is 3. The molecule has 0 aromatic carbocycles. The van der Waals surface area contributed by atoms with E-state index in [1.807, 2.05) is 0 Å². The summed E-state index contributed by atoms with van der Waals surface area (Å²) in [5, 5.41) is 10.6. The van der Waals surface area contributed by atoms with Gasteiger partial charge >= 0.3 is 0 Å². The number of hydrogen-bond donors (Lipinski definition) is 1. The average Bonchev–Trinajstić information content (AvgIpc) is 2.39. The zero-order valence-electron chi connectivity index (χ0n) is 12.0. The predicted molar refractivity (Wildman–Crippen MR) is 73.4 cm³/mol. The SMILES string of the molecule is CC1(C(=O)C(O)C2(C)CCCCC2)CCCCC1. The molecule has 0 spiro atoms. The summed E-state index contributed by atoms with van der Waals surface area (Å²) in [6, 6.07) is 0. The van der Waals surface area contributed by atoms with Crippen LogP contribution in [-0.4, -0.2) is 17.0 Å². The number of hydrogen-bond acceptors (Lipinski definition) is 2. The predicted octanol–water partition coefficient (Wildman–Crippen LogP) is 3.86. The van der Waals surface area contributed by atoms with Gasteiger partial charge in [0.25, 0.3) is 0 Å². The molecule has 1 N–H and O–H groups in total. The monoisotopic (exact) mass is 252 g/mol. The highest BCUT2D eigenvalue weighted by molar-refractivity contribution is 5.89. The van der Waals surface area contributed by atoms with Gasteiger partial charge in [-0.3, -0.25) is 4.79 Å². The van der Waals surface area contributed by atoms with Gasteiger partial charge in [0.2, 0.25) is 0 Å². The molecule has 0 saturated heterocycles. The van der Waals surface area contributed by atoms with Crippen molar-refractivity contribution in [2.24, 2.45) is 10.8 Å². The number of ketones is 1. The maximum absolute atomic E-state index is 12.7. The van der Waals surface area contributed by atoms with Crippen LogP contribution in [0.25, 0.3) is 0 Å². The van der Waals surface area contributed by atoms with Gasteiger partial charge in [0, 0.05) is 10.8 Å². The lowest BCUT2D eigenvalue weighted by molar-refractivity contribution is -0.146. The van der Waals surface area contributed by atoms with E-state index in [2.05, 4.69) is 13.8 Å². The molecule has 2 heteroatoms. The summed E-state index contributed by atoms with van der Waals surface area (Å²) in [5.74, 6) is 0.131. The molecule has 0 bridgehead atoms. The van der Waals surface area contributed by atoms with Crippen LogP contribution in [0.1, 0.15) is 78.1 Å². The smallest absolute Gasteiger partial charge is 0.167 e. The largest absolute Gasteiger partial charge is 0.385 e. The van der Waals surface area contributed by atoms with E-state index >= 15 is 0 Å².